The Morgan fingerprint density at radius 2 is 1.44 bits per heavy atom. The van der Waals surface area contributed by atoms with E-state index in [1.54, 1.807) is 12.1 Å². The summed E-state index contributed by atoms with van der Waals surface area (Å²) in [6, 6.07) is 6.96. The molecule has 1 aliphatic heterocycles. The van der Waals surface area contributed by atoms with Gasteiger partial charge in [-0.15, -0.1) is 0 Å². The van der Waals surface area contributed by atoms with Gasteiger partial charge in [0.15, 0.2) is 11.6 Å². The number of hydrogen-bond donors (Lipinski definition) is 1. The van der Waals surface area contributed by atoms with Crippen LogP contribution in [0.5, 0.6) is 11.5 Å². The lowest BCUT2D eigenvalue weighted by molar-refractivity contribution is -0.385. The molecule has 2 aliphatic carbocycles. The number of ether oxygens (including phenoxy) is 1. The zero-order valence-corrected chi connectivity index (χ0v) is 24.5. The fourth-order valence-electron chi connectivity index (χ4n) is 6.04. The van der Waals surface area contributed by atoms with Gasteiger partial charge in [-0.2, -0.15) is 13.2 Å². The van der Waals surface area contributed by atoms with Crippen LogP contribution >= 0.6 is 15.9 Å². The second-order valence-electron chi connectivity index (χ2n) is 12.5. The predicted molar refractivity (Wildman–Crippen MR) is 148 cm³/mol. The largest absolute Gasteiger partial charge is 0.449 e. The first-order valence-electron chi connectivity index (χ1n) is 13.1. The minimum atomic E-state index is -4.75. The molecule has 7 nitrogen and oxygen atoms in total. The number of dihydropyridines is 1. The first-order chi connectivity index (χ1) is 19.0. The third kappa shape index (κ3) is 5.56. The zero-order valence-electron chi connectivity index (χ0n) is 22.9. The fourth-order valence-corrected chi connectivity index (χ4v) is 6.52. The van der Waals surface area contributed by atoms with Gasteiger partial charge in [0.25, 0.3) is 0 Å². The number of nitro groups is 1. The number of ketones is 2. The van der Waals surface area contributed by atoms with Gasteiger partial charge in [-0.1, -0.05) is 33.8 Å². The molecule has 2 aromatic rings. The van der Waals surface area contributed by atoms with E-state index < -0.39 is 28.3 Å². The number of hydrogen-bond acceptors (Lipinski definition) is 6. The highest BCUT2D eigenvalue weighted by Crippen LogP contribution is 2.52. The van der Waals surface area contributed by atoms with Crippen LogP contribution in [0.4, 0.5) is 18.9 Å². The van der Waals surface area contributed by atoms with E-state index in [-0.39, 0.29) is 33.9 Å². The van der Waals surface area contributed by atoms with Gasteiger partial charge in [-0.3, -0.25) is 19.7 Å². The molecule has 0 spiro atoms. The van der Waals surface area contributed by atoms with Crippen LogP contribution in [0.15, 0.2) is 63.4 Å². The Bertz CT molecular complexity index is 1520. The number of halogens is 4. The van der Waals surface area contributed by atoms with E-state index in [9.17, 15) is 32.9 Å². The quantitative estimate of drug-likeness (QED) is 0.270. The van der Waals surface area contributed by atoms with Gasteiger partial charge in [0.2, 0.25) is 5.75 Å². The first kappa shape index (κ1) is 29.0. The molecule has 0 amide bonds. The van der Waals surface area contributed by atoms with Gasteiger partial charge in [0.1, 0.15) is 5.75 Å². The Labute approximate surface area is 243 Å². The Kier molecular flexibility index (Phi) is 6.95. The summed E-state index contributed by atoms with van der Waals surface area (Å²) in [7, 11) is 0. The number of nitro benzene ring substituents is 1. The number of rotatable bonds is 4. The monoisotopic (exact) mass is 632 g/mol. The maximum absolute atomic E-state index is 13.5. The predicted octanol–water partition coefficient (Wildman–Crippen LogP) is 8.14. The van der Waals surface area contributed by atoms with Crippen molar-refractivity contribution in [3.63, 3.8) is 0 Å². The van der Waals surface area contributed by atoms with E-state index in [0.717, 1.165) is 17.5 Å². The van der Waals surface area contributed by atoms with Crippen molar-refractivity contribution in [1.82, 2.24) is 5.32 Å². The lowest BCUT2D eigenvalue weighted by Gasteiger charge is -2.44. The van der Waals surface area contributed by atoms with Gasteiger partial charge < -0.3 is 10.1 Å². The molecule has 0 aromatic heterocycles. The number of nitrogens with one attached hydrogen (secondary N) is 1. The number of carbonyl (C=O) groups excluding carboxylic acids is 2. The van der Waals surface area contributed by atoms with Crippen LogP contribution in [-0.2, 0) is 15.8 Å². The summed E-state index contributed by atoms with van der Waals surface area (Å²) in [4.78, 5) is 37.6. The lowest BCUT2D eigenvalue weighted by Crippen LogP contribution is -2.42. The number of benzene rings is 2. The number of alkyl halides is 3. The molecule has 0 saturated heterocycles. The molecule has 216 valence electrons. The van der Waals surface area contributed by atoms with Crippen LogP contribution in [-0.4, -0.2) is 16.5 Å². The summed E-state index contributed by atoms with van der Waals surface area (Å²) in [5.74, 6) is -0.896. The Hall–Kier alpha value is -3.47. The van der Waals surface area contributed by atoms with Crippen molar-refractivity contribution in [2.24, 2.45) is 10.8 Å². The fraction of sp³-hybridized carbons (Fsp3) is 0.400. The SMILES string of the molecule is CC1(C)CC(=O)C2=C(C1)NC1=C(C(=O)CC(C)(C)C1)C2c1ccc(Oc2ccc(C(F)(F)F)cc2[N+](=O)[O-])c(Br)c1. The molecule has 11 heteroatoms. The van der Waals surface area contributed by atoms with Crippen LogP contribution in [0, 0.1) is 20.9 Å². The molecule has 5 rings (SSSR count). The third-order valence-electron chi connectivity index (χ3n) is 7.71. The maximum atomic E-state index is 13.5. The standard InChI is InChI=1S/C30H28BrF3N2O5/c1-28(2)11-18-26(21(37)13-28)25(27-19(35-18)12-29(3,4)14-22(27)38)15-5-7-23(17(31)9-15)41-24-8-6-16(30(32,33)34)10-20(24)36(39)40/h5-10,25,35H,11-14H2,1-4H3. The summed E-state index contributed by atoms with van der Waals surface area (Å²) >= 11 is 3.43. The molecule has 41 heavy (non-hydrogen) atoms. The molecule has 0 fully saturated rings. The molecule has 0 unspecified atom stereocenters. The van der Waals surface area contributed by atoms with E-state index in [2.05, 4.69) is 21.2 Å². The van der Waals surface area contributed by atoms with E-state index in [1.165, 1.54) is 6.07 Å². The van der Waals surface area contributed by atoms with E-state index in [0.29, 0.717) is 59.0 Å². The Balaban J connectivity index is 1.57. The molecule has 1 N–H and O–H groups in total. The van der Waals surface area contributed by atoms with Crippen molar-refractivity contribution >= 4 is 33.2 Å². The normalized spacial score (nSPS) is 20.4. The highest BCUT2D eigenvalue weighted by molar-refractivity contribution is 9.10. The lowest BCUT2D eigenvalue weighted by atomic mass is 9.64. The minimum absolute atomic E-state index is 0.0326. The maximum Gasteiger partial charge on any atom is 0.416 e. The van der Waals surface area contributed by atoms with Gasteiger partial charge in [-0.05, 0) is 69.4 Å². The van der Waals surface area contributed by atoms with Crippen LogP contribution in [0.3, 0.4) is 0 Å². The van der Waals surface area contributed by atoms with Gasteiger partial charge in [-0.25, -0.2) is 0 Å². The van der Waals surface area contributed by atoms with Gasteiger partial charge in [0, 0.05) is 47.4 Å². The average Bonchev–Trinajstić information content (AvgIpc) is 2.81. The number of Topliss-reactive ketones (excluding diaryl/α,β-unsaturated/α-hetero) is 2. The first-order valence-corrected chi connectivity index (χ1v) is 13.9. The van der Waals surface area contributed by atoms with Crippen LogP contribution in [0.1, 0.15) is 70.4 Å². The molecule has 1 heterocycles. The smallest absolute Gasteiger partial charge is 0.416 e. The number of allylic oxidation sites excluding steroid dienone is 4. The van der Waals surface area contributed by atoms with E-state index in [1.807, 2.05) is 27.7 Å². The summed E-state index contributed by atoms with van der Waals surface area (Å²) in [6.07, 6.45) is -2.77. The van der Waals surface area contributed by atoms with Crippen LogP contribution < -0.4 is 10.1 Å². The van der Waals surface area contributed by atoms with E-state index >= 15 is 0 Å². The van der Waals surface area contributed by atoms with Gasteiger partial charge >= 0.3 is 11.9 Å². The van der Waals surface area contributed by atoms with Crippen LogP contribution in [0.25, 0.3) is 0 Å². The number of carbonyl (C=O) groups is 2. The second kappa shape index (κ2) is 9.82. The van der Waals surface area contributed by atoms with E-state index in [4.69, 9.17) is 4.74 Å². The zero-order chi connectivity index (χ0) is 30.1. The summed E-state index contributed by atoms with van der Waals surface area (Å²) < 4.78 is 45.4. The molecule has 0 bridgehead atoms. The third-order valence-corrected chi connectivity index (χ3v) is 8.33. The summed E-state index contributed by atoms with van der Waals surface area (Å²) in [5.41, 5.74) is 0.951. The van der Waals surface area contributed by atoms with Crippen molar-refractivity contribution in [1.29, 1.82) is 0 Å². The Morgan fingerprint density at radius 3 is 1.93 bits per heavy atom. The van der Waals surface area contributed by atoms with Crippen molar-refractivity contribution in [2.75, 3.05) is 0 Å². The topological polar surface area (TPSA) is 98.5 Å². The highest BCUT2D eigenvalue weighted by Gasteiger charge is 2.46. The number of nitrogens with zero attached hydrogens (tertiary/aromatic N) is 1. The molecule has 2 aromatic carbocycles. The average molecular weight is 633 g/mol. The molecular formula is C30H28BrF3N2O5. The molecular weight excluding hydrogens is 605 g/mol. The molecule has 0 atom stereocenters. The second-order valence-corrected chi connectivity index (χ2v) is 13.3. The van der Waals surface area contributed by atoms with Crippen molar-refractivity contribution in [3.8, 4) is 11.5 Å². The molecule has 0 radical (unpaired) electrons. The van der Waals surface area contributed by atoms with Gasteiger partial charge in [0.05, 0.1) is 15.0 Å². The summed E-state index contributed by atoms with van der Waals surface area (Å²) in [5, 5.41) is 15.0. The molecule has 3 aliphatic rings. The summed E-state index contributed by atoms with van der Waals surface area (Å²) in [6.45, 7) is 8.14. The Morgan fingerprint density at radius 1 is 0.902 bits per heavy atom. The molecule has 0 saturated carbocycles. The van der Waals surface area contributed by atoms with Crippen molar-refractivity contribution in [3.05, 3.63) is 84.7 Å². The van der Waals surface area contributed by atoms with Crippen molar-refractivity contribution in [2.45, 2.75) is 65.5 Å². The van der Waals surface area contributed by atoms with Crippen LogP contribution in [0.2, 0.25) is 0 Å². The minimum Gasteiger partial charge on any atom is -0.449 e. The van der Waals surface area contributed by atoms with Crippen molar-refractivity contribution < 1.29 is 32.4 Å². The highest BCUT2D eigenvalue weighted by atomic mass is 79.9.